The maximum Gasteiger partial charge on any atom is 0.358 e. The molecule has 0 fully saturated rings. The zero-order valence-electron chi connectivity index (χ0n) is 11.3. The Morgan fingerprint density at radius 3 is 2.67 bits per heavy atom. The minimum Gasteiger partial charge on any atom is -0.485 e. The second-order valence-electron chi connectivity index (χ2n) is 4.43. The maximum absolute atomic E-state index is 10.8. The molecule has 0 spiro atoms. The maximum atomic E-state index is 10.8. The van der Waals surface area contributed by atoms with E-state index in [-0.39, 0.29) is 23.7 Å². The van der Waals surface area contributed by atoms with Crippen LogP contribution in [-0.4, -0.2) is 21.2 Å². The van der Waals surface area contributed by atoms with Crippen molar-refractivity contribution >= 4 is 11.7 Å². The van der Waals surface area contributed by atoms with E-state index in [1.807, 2.05) is 0 Å². The van der Waals surface area contributed by atoms with E-state index in [1.165, 1.54) is 12.1 Å². The second-order valence-corrected chi connectivity index (χ2v) is 4.43. The van der Waals surface area contributed by atoms with Gasteiger partial charge in [0.2, 0.25) is 0 Å². The van der Waals surface area contributed by atoms with E-state index in [2.05, 4.69) is 5.16 Å². The number of hydrogen-bond acceptors (Lipinski definition) is 6. The van der Waals surface area contributed by atoms with Crippen LogP contribution in [0, 0.1) is 24.0 Å². The first-order valence-corrected chi connectivity index (χ1v) is 5.96. The van der Waals surface area contributed by atoms with Crippen molar-refractivity contribution in [3.05, 3.63) is 50.9 Å². The van der Waals surface area contributed by atoms with E-state index >= 15 is 0 Å². The third-order valence-electron chi connectivity index (χ3n) is 2.84. The van der Waals surface area contributed by atoms with Crippen LogP contribution < -0.4 is 4.74 Å². The van der Waals surface area contributed by atoms with Gasteiger partial charge < -0.3 is 14.4 Å². The quantitative estimate of drug-likeness (QED) is 0.664. The summed E-state index contributed by atoms with van der Waals surface area (Å²) in [5.41, 5.74) is 0.896. The second kappa shape index (κ2) is 5.61. The van der Waals surface area contributed by atoms with Crippen LogP contribution in [0.4, 0.5) is 5.69 Å². The van der Waals surface area contributed by atoms with E-state index in [1.54, 1.807) is 19.9 Å². The number of ether oxygens (including phenoxy) is 1. The minimum atomic E-state index is -1.19. The van der Waals surface area contributed by atoms with Gasteiger partial charge in [-0.1, -0.05) is 5.16 Å². The molecule has 0 amide bonds. The molecular weight excluding hydrogens is 280 g/mol. The summed E-state index contributed by atoms with van der Waals surface area (Å²) in [7, 11) is 0. The van der Waals surface area contributed by atoms with E-state index in [0.717, 1.165) is 0 Å². The Morgan fingerprint density at radius 1 is 1.38 bits per heavy atom. The fourth-order valence-corrected chi connectivity index (χ4v) is 1.76. The number of benzene rings is 1. The number of nitro groups is 1. The molecule has 21 heavy (non-hydrogen) atoms. The monoisotopic (exact) mass is 292 g/mol. The molecule has 2 aromatic rings. The lowest BCUT2D eigenvalue weighted by molar-refractivity contribution is -0.385. The van der Waals surface area contributed by atoms with E-state index in [0.29, 0.717) is 16.9 Å². The molecular formula is C13H12N2O6. The van der Waals surface area contributed by atoms with Crippen LogP contribution in [0.15, 0.2) is 22.7 Å². The van der Waals surface area contributed by atoms with Crippen LogP contribution in [0.3, 0.4) is 0 Å². The van der Waals surface area contributed by atoms with Gasteiger partial charge in [0.15, 0.2) is 11.5 Å². The normalized spacial score (nSPS) is 10.4. The van der Waals surface area contributed by atoms with Crippen molar-refractivity contribution < 1.29 is 24.1 Å². The first-order valence-electron chi connectivity index (χ1n) is 5.96. The van der Waals surface area contributed by atoms with Gasteiger partial charge >= 0.3 is 5.97 Å². The van der Waals surface area contributed by atoms with Gasteiger partial charge in [-0.2, -0.15) is 0 Å². The number of rotatable bonds is 5. The summed E-state index contributed by atoms with van der Waals surface area (Å²) in [5.74, 6) is -0.471. The van der Waals surface area contributed by atoms with Crippen molar-refractivity contribution in [3.8, 4) is 5.75 Å². The van der Waals surface area contributed by atoms with Gasteiger partial charge in [-0.3, -0.25) is 10.1 Å². The first-order chi connectivity index (χ1) is 9.88. The van der Waals surface area contributed by atoms with Gasteiger partial charge in [0.25, 0.3) is 5.69 Å². The van der Waals surface area contributed by atoms with Crippen LogP contribution in [-0.2, 0) is 6.61 Å². The van der Waals surface area contributed by atoms with Gasteiger partial charge in [-0.25, -0.2) is 4.79 Å². The Kier molecular flexibility index (Phi) is 3.88. The molecule has 1 aromatic carbocycles. The minimum absolute atomic E-state index is 0.0155. The fourth-order valence-electron chi connectivity index (χ4n) is 1.76. The molecule has 8 nitrogen and oxygen atoms in total. The molecule has 0 aliphatic heterocycles. The number of carbonyl (C=O) groups is 1. The molecule has 1 N–H and O–H groups in total. The highest BCUT2D eigenvalue weighted by Crippen LogP contribution is 2.28. The average molecular weight is 292 g/mol. The SMILES string of the molecule is Cc1cc([N+](=O)[O-])c(C)cc1OCc1cc(C(=O)O)no1. The number of aromatic nitrogens is 1. The number of hydrogen-bond donors (Lipinski definition) is 1. The molecule has 0 saturated carbocycles. The summed E-state index contributed by atoms with van der Waals surface area (Å²) in [5, 5.41) is 22.9. The van der Waals surface area contributed by atoms with Gasteiger partial charge in [0.1, 0.15) is 12.4 Å². The Labute approximate surface area is 119 Å². The molecule has 0 atom stereocenters. The summed E-state index contributed by atoms with van der Waals surface area (Å²) in [6.07, 6.45) is 0. The summed E-state index contributed by atoms with van der Waals surface area (Å²) >= 11 is 0. The Morgan fingerprint density at radius 2 is 2.10 bits per heavy atom. The number of aryl methyl sites for hydroxylation is 2. The van der Waals surface area contributed by atoms with Gasteiger partial charge in [0.05, 0.1) is 4.92 Å². The van der Waals surface area contributed by atoms with E-state index < -0.39 is 10.9 Å². The van der Waals surface area contributed by atoms with Crippen LogP contribution >= 0.6 is 0 Å². The fraction of sp³-hybridized carbons (Fsp3) is 0.231. The molecule has 1 heterocycles. The van der Waals surface area contributed by atoms with Crippen LogP contribution in [0.25, 0.3) is 0 Å². The highest BCUT2D eigenvalue weighted by molar-refractivity contribution is 5.85. The summed E-state index contributed by atoms with van der Waals surface area (Å²) < 4.78 is 10.3. The average Bonchev–Trinajstić information content (AvgIpc) is 2.88. The molecule has 8 heteroatoms. The number of aromatic carboxylic acids is 1. The highest BCUT2D eigenvalue weighted by Gasteiger charge is 2.15. The molecule has 0 saturated heterocycles. The lowest BCUT2D eigenvalue weighted by Crippen LogP contribution is -1.99. The highest BCUT2D eigenvalue weighted by atomic mass is 16.6. The molecule has 0 unspecified atom stereocenters. The van der Waals surface area contributed by atoms with Crippen molar-refractivity contribution in [1.82, 2.24) is 5.16 Å². The summed E-state index contributed by atoms with van der Waals surface area (Å²) in [6.45, 7) is 3.28. The summed E-state index contributed by atoms with van der Waals surface area (Å²) in [4.78, 5) is 21.0. The van der Waals surface area contributed by atoms with Crippen molar-refractivity contribution in [2.45, 2.75) is 20.5 Å². The van der Waals surface area contributed by atoms with E-state index in [9.17, 15) is 14.9 Å². The smallest absolute Gasteiger partial charge is 0.358 e. The molecule has 2 rings (SSSR count). The van der Waals surface area contributed by atoms with Crippen LogP contribution in [0.1, 0.15) is 27.4 Å². The van der Waals surface area contributed by atoms with Gasteiger partial charge in [-0.05, 0) is 25.5 Å². The Hall–Kier alpha value is -2.90. The largest absolute Gasteiger partial charge is 0.485 e. The number of nitrogens with zero attached hydrogens (tertiary/aromatic N) is 2. The van der Waals surface area contributed by atoms with Crippen molar-refractivity contribution in [2.75, 3.05) is 0 Å². The number of carboxylic acid groups (broad SMARTS) is 1. The molecule has 0 radical (unpaired) electrons. The van der Waals surface area contributed by atoms with Gasteiger partial charge in [-0.15, -0.1) is 0 Å². The molecule has 0 bridgehead atoms. The predicted molar refractivity (Wildman–Crippen MR) is 70.4 cm³/mol. The van der Waals surface area contributed by atoms with Crippen LogP contribution in [0.5, 0.6) is 5.75 Å². The predicted octanol–water partition coefficient (Wildman–Crippen LogP) is 2.48. The summed E-state index contributed by atoms with van der Waals surface area (Å²) in [6, 6.07) is 4.24. The number of carboxylic acids is 1. The van der Waals surface area contributed by atoms with Crippen molar-refractivity contribution in [1.29, 1.82) is 0 Å². The third kappa shape index (κ3) is 3.16. The van der Waals surface area contributed by atoms with Gasteiger partial charge in [0, 0.05) is 17.7 Å². The molecule has 110 valence electrons. The topological polar surface area (TPSA) is 116 Å². The molecule has 0 aliphatic carbocycles. The lowest BCUT2D eigenvalue weighted by atomic mass is 10.1. The Bertz CT molecular complexity index is 707. The Balaban J connectivity index is 2.14. The standard InChI is InChI=1S/C13H12N2O6/c1-7-4-12(8(2)3-11(7)15(18)19)20-6-9-5-10(13(16)17)14-21-9/h3-5H,6H2,1-2H3,(H,16,17). The van der Waals surface area contributed by atoms with Crippen molar-refractivity contribution in [2.24, 2.45) is 0 Å². The zero-order valence-corrected chi connectivity index (χ0v) is 11.3. The molecule has 1 aromatic heterocycles. The molecule has 0 aliphatic rings. The number of nitro benzene ring substituents is 1. The van der Waals surface area contributed by atoms with Crippen molar-refractivity contribution in [3.63, 3.8) is 0 Å². The van der Waals surface area contributed by atoms with Crippen LogP contribution in [0.2, 0.25) is 0 Å². The first kappa shape index (κ1) is 14.5. The lowest BCUT2D eigenvalue weighted by Gasteiger charge is -2.08. The van der Waals surface area contributed by atoms with E-state index in [4.69, 9.17) is 14.4 Å². The third-order valence-corrected chi connectivity index (χ3v) is 2.84. The zero-order chi connectivity index (χ0) is 15.6.